The molecule has 5 rings (SSSR count). The molecule has 0 N–H and O–H groups in total. The number of carbonyl (C=O) groups excluding carboxylic acids is 2. The van der Waals surface area contributed by atoms with Crippen LogP contribution in [0.4, 0.5) is 0 Å². The van der Waals surface area contributed by atoms with Crippen molar-refractivity contribution in [1.82, 2.24) is 15.0 Å². The smallest absolute Gasteiger partial charge is 0.235 e. The number of carbonyl (C=O) groups is 2. The summed E-state index contributed by atoms with van der Waals surface area (Å²) in [4.78, 5) is 28.3. The quantitative estimate of drug-likeness (QED) is 0.803. The van der Waals surface area contributed by atoms with E-state index in [1.165, 1.54) is 0 Å². The number of rotatable bonds is 3. The third-order valence-electron chi connectivity index (χ3n) is 5.83. The molecular formula is C20H21N3O5. The number of amides is 2. The highest BCUT2D eigenvalue weighted by Crippen LogP contribution is 2.50. The number of fused-ring (bicyclic) bond motifs is 1. The molecular weight excluding hydrogens is 362 g/mol. The zero-order valence-corrected chi connectivity index (χ0v) is 15.6. The molecule has 0 radical (unpaired) electrons. The lowest BCUT2D eigenvalue weighted by Gasteiger charge is -2.35. The van der Waals surface area contributed by atoms with Gasteiger partial charge in [-0.3, -0.25) is 9.59 Å². The standard InChI is InChI=1S/C20H21N3O5/c1-13(24)22-6-8-23(9-7-22)19(25)20(4-5-20)18-11-16(28-21-18)14-2-3-15-17(10-14)27-12-26-15/h2-3,10-11H,4-9,12H2,1H3. The summed E-state index contributed by atoms with van der Waals surface area (Å²) in [6, 6.07) is 7.44. The van der Waals surface area contributed by atoms with E-state index in [9.17, 15) is 9.59 Å². The number of benzene rings is 1. The van der Waals surface area contributed by atoms with Crippen molar-refractivity contribution < 1.29 is 23.6 Å². The molecule has 146 valence electrons. The second kappa shape index (κ2) is 6.25. The molecule has 2 fully saturated rings. The molecule has 0 unspecified atom stereocenters. The second-order valence-corrected chi connectivity index (χ2v) is 7.52. The normalized spacial score (nSPS) is 19.6. The van der Waals surface area contributed by atoms with Crippen LogP contribution in [0.25, 0.3) is 11.3 Å². The molecule has 1 aromatic heterocycles. The first-order valence-electron chi connectivity index (χ1n) is 9.49. The molecule has 0 spiro atoms. The number of nitrogens with zero attached hydrogens (tertiary/aromatic N) is 3. The molecule has 3 heterocycles. The van der Waals surface area contributed by atoms with Crippen LogP contribution in [-0.4, -0.2) is 59.7 Å². The molecule has 2 amide bonds. The maximum atomic E-state index is 13.2. The molecule has 3 aliphatic rings. The van der Waals surface area contributed by atoms with Crippen molar-refractivity contribution in [2.24, 2.45) is 0 Å². The zero-order chi connectivity index (χ0) is 19.3. The predicted octanol–water partition coefficient (Wildman–Crippen LogP) is 1.79. The van der Waals surface area contributed by atoms with Gasteiger partial charge >= 0.3 is 0 Å². The summed E-state index contributed by atoms with van der Waals surface area (Å²) in [6.07, 6.45) is 1.54. The van der Waals surface area contributed by atoms with E-state index in [0.29, 0.717) is 49.1 Å². The average molecular weight is 383 g/mol. The number of piperazine rings is 1. The van der Waals surface area contributed by atoms with E-state index >= 15 is 0 Å². The van der Waals surface area contributed by atoms with Crippen molar-refractivity contribution in [2.75, 3.05) is 33.0 Å². The highest BCUT2D eigenvalue weighted by atomic mass is 16.7. The lowest BCUT2D eigenvalue weighted by molar-refractivity contribution is -0.140. The molecule has 1 saturated heterocycles. The maximum Gasteiger partial charge on any atom is 0.235 e. The van der Waals surface area contributed by atoms with Gasteiger partial charge in [-0.1, -0.05) is 5.16 Å². The first kappa shape index (κ1) is 17.1. The van der Waals surface area contributed by atoms with Crippen LogP contribution in [0.2, 0.25) is 0 Å². The fraction of sp³-hybridized carbons (Fsp3) is 0.450. The summed E-state index contributed by atoms with van der Waals surface area (Å²) in [5.74, 6) is 2.13. The van der Waals surface area contributed by atoms with Crippen LogP contribution in [0.1, 0.15) is 25.5 Å². The molecule has 8 heteroatoms. The summed E-state index contributed by atoms with van der Waals surface area (Å²) >= 11 is 0. The zero-order valence-electron chi connectivity index (χ0n) is 15.6. The van der Waals surface area contributed by atoms with Crippen molar-refractivity contribution >= 4 is 11.8 Å². The minimum atomic E-state index is -0.587. The van der Waals surface area contributed by atoms with Crippen molar-refractivity contribution in [3.05, 3.63) is 30.0 Å². The van der Waals surface area contributed by atoms with Gasteiger partial charge in [0.05, 0.1) is 11.1 Å². The molecule has 28 heavy (non-hydrogen) atoms. The number of hydrogen-bond acceptors (Lipinski definition) is 6. The number of ether oxygens (including phenoxy) is 2. The van der Waals surface area contributed by atoms with E-state index in [1.807, 2.05) is 29.2 Å². The van der Waals surface area contributed by atoms with Crippen LogP contribution in [0.15, 0.2) is 28.8 Å². The lowest BCUT2D eigenvalue weighted by Crippen LogP contribution is -2.52. The van der Waals surface area contributed by atoms with Crippen LogP contribution >= 0.6 is 0 Å². The highest BCUT2D eigenvalue weighted by Gasteiger charge is 2.55. The van der Waals surface area contributed by atoms with Crippen LogP contribution in [0.3, 0.4) is 0 Å². The van der Waals surface area contributed by atoms with Gasteiger partial charge in [0, 0.05) is 44.7 Å². The highest BCUT2D eigenvalue weighted by molar-refractivity contribution is 5.91. The molecule has 2 aromatic rings. The van der Waals surface area contributed by atoms with Crippen LogP contribution in [0, 0.1) is 0 Å². The van der Waals surface area contributed by atoms with Gasteiger partial charge in [-0.15, -0.1) is 0 Å². The van der Waals surface area contributed by atoms with Gasteiger partial charge in [-0.2, -0.15) is 0 Å². The number of aromatic nitrogens is 1. The Morgan fingerprint density at radius 3 is 2.43 bits per heavy atom. The van der Waals surface area contributed by atoms with Crippen molar-refractivity contribution in [3.63, 3.8) is 0 Å². The van der Waals surface area contributed by atoms with Crippen LogP contribution in [0.5, 0.6) is 11.5 Å². The predicted molar refractivity (Wildman–Crippen MR) is 97.8 cm³/mol. The topological polar surface area (TPSA) is 85.1 Å². The first-order valence-corrected chi connectivity index (χ1v) is 9.49. The van der Waals surface area contributed by atoms with E-state index in [-0.39, 0.29) is 18.6 Å². The van der Waals surface area contributed by atoms with Crippen molar-refractivity contribution in [1.29, 1.82) is 0 Å². The summed E-state index contributed by atoms with van der Waals surface area (Å²) in [7, 11) is 0. The SMILES string of the molecule is CC(=O)N1CCN(C(=O)C2(c3cc(-c4ccc5c(c4)OCO5)on3)CC2)CC1. The Kier molecular flexibility index (Phi) is 3.82. The van der Waals surface area contributed by atoms with Crippen LogP contribution in [-0.2, 0) is 15.0 Å². The van der Waals surface area contributed by atoms with Gasteiger partial charge in [-0.05, 0) is 31.0 Å². The van der Waals surface area contributed by atoms with Gasteiger partial charge in [0.15, 0.2) is 17.3 Å². The minimum absolute atomic E-state index is 0.0538. The Hall–Kier alpha value is -3.03. The van der Waals surface area contributed by atoms with Gasteiger partial charge in [-0.25, -0.2) is 0 Å². The van der Waals surface area contributed by atoms with E-state index in [2.05, 4.69) is 5.16 Å². The summed E-state index contributed by atoms with van der Waals surface area (Å²) < 4.78 is 16.3. The molecule has 0 bridgehead atoms. The Bertz CT molecular complexity index is 941. The fourth-order valence-corrected chi connectivity index (χ4v) is 3.92. The third kappa shape index (κ3) is 2.71. The molecule has 0 atom stereocenters. The van der Waals surface area contributed by atoms with Crippen molar-refractivity contribution in [2.45, 2.75) is 25.2 Å². The van der Waals surface area contributed by atoms with E-state index in [4.69, 9.17) is 14.0 Å². The van der Waals surface area contributed by atoms with E-state index in [1.54, 1.807) is 11.8 Å². The largest absolute Gasteiger partial charge is 0.454 e. The third-order valence-corrected chi connectivity index (χ3v) is 5.83. The fourth-order valence-electron chi connectivity index (χ4n) is 3.92. The second-order valence-electron chi connectivity index (χ2n) is 7.52. The summed E-state index contributed by atoms with van der Waals surface area (Å²) in [5.41, 5.74) is 0.928. The molecule has 8 nitrogen and oxygen atoms in total. The van der Waals surface area contributed by atoms with Gasteiger partial charge in [0.25, 0.3) is 0 Å². The van der Waals surface area contributed by atoms with E-state index in [0.717, 1.165) is 18.4 Å². The Balaban J connectivity index is 1.34. The Morgan fingerprint density at radius 2 is 1.71 bits per heavy atom. The Morgan fingerprint density at radius 1 is 1.00 bits per heavy atom. The van der Waals surface area contributed by atoms with Gasteiger partial charge in [0.1, 0.15) is 0 Å². The maximum absolute atomic E-state index is 13.2. The average Bonchev–Trinajstić information content (AvgIpc) is 3.15. The van der Waals surface area contributed by atoms with Gasteiger partial charge < -0.3 is 23.8 Å². The minimum Gasteiger partial charge on any atom is -0.454 e. The number of hydrogen-bond donors (Lipinski definition) is 0. The lowest BCUT2D eigenvalue weighted by atomic mass is 9.99. The van der Waals surface area contributed by atoms with Crippen molar-refractivity contribution in [3.8, 4) is 22.8 Å². The summed E-state index contributed by atoms with van der Waals surface area (Å²) in [6.45, 7) is 4.07. The first-order chi connectivity index (χ1) is 13.6. The Labute approximate surface area is 162 Å². The summed E-state index contributed by atoms with van der Waals surface area (Å²) in [5, 5.41) is 4.22. The van der Waals surface area contributed by atoms with Crippen LogP contribution < -0.4 is 9.47 Å². The monoisotopic (exact) mass is 383 g/mol. The molecule has 1 aromatic carbocycles. The van der Waals surface area contributed by atoms with Gasteiger partial charge in [0.2, 0.25) is 18.6 Å². The molecule has 2 aliphatic heterocycles. The van der Waals surface area contributed by atoms with E-state index < -0.39 is 5.41 Å². The molecule has 1 saturated carbocycles. The molecule has 1 aliphatic carbocycles.